The summed E-state index contributed by atoms with van der Waals surface area (Å²) < 4.78 is 0.865. The van der Waals surface area contributed by atoms with Gasteiger partial charge in [0.2, 0.25) is 0 Å². The monoisotopic (exact) mass is 339 g/mol. The maximum absolute atomic E-state index is 12.2. The fraction of sp³-hybridized carbons (Fsp3) is 0.562. The predicted molar refractivity (Wildman–Crippen MR) is 84.0 cm³/mol. The Morgan fingerprint density at radius 1 is 1.35 bits per heavy atom. The third-order valence-electron chi connectivity index (χ3n) is 3.99. The van der Waals surface area contributed by atoms with Crippen LogP contribution in [0.1, 0.15) is 43.0 Å². The molecule has 1 aromatic rings. The number of likely N-dealkylation sites (tertiary alicyclic amines) is 1. The zero-order valence-electron chi connectivity index (χ0n) is 11.9. The van der Waals surface area contributed by atoms with Crippen LogP contribution < -0.4 is 0 Å². The van der Waals surface area contributed by atoms with Gasteiger partial charge in [-0.25, -0.2) is 0 Å². The summed E-state index contributed by atoms with van der Waals surface area (Å²) in [5.74, 6) is 0.175. The van der Waals surface area contributed by atoms with Crippen molar-refractivity contribution in [2.75, 3.05) is 19.6 Å². The van der Waals surface area contributed by atoms with Crippen molar-refractivity contribution < 1.29 is 9.90 Å². The largest absolute Gasteiger partial charge is 0.390 e. The Hall–Kier alpha value is -0.710. The standard InChI is InChI=1S/C16H22BrNO2/c1-16(20)8-4-10-18(12-9-16)11-7-15(19)13-5-2-3-6-14(13)17/h2-3,5-6,20H,4,7-12H2,1H3. The van der Waals surface area contributed by atoms with Gasteiger partial charge in [0, 0.05) is 29.5 Å². The molecule has 1 atom stereocenters. The molecule has 3 nitrogen and oxygen atoms in total. The minimum atomic E-state index is -0.540. The van der Waals surface area contributed by atoms with Gasteiger partial charge in [0.25, 0.3) is 0 Å². The zero-order chi connectivity index (χ0) is 14.6. The second kappa shape index (κ2) is 6.83. The molecular weight excluding hydrogens is 318 g/mol. The number of hydrogen-bond acceptors (Lipinski definition) is 3. The molecular formula is C16H22BrNO2. The number of benzene rings is 1. The Labute approximate surface area is 129 Å². The van der Waals surface area contributed by atoms with Crippen LogP contribution in [0.5, 0.6) is 0 Å². The van der Waals surface area contributed by atoms with Crippen LogP contribution in [0.2, 0.25) is 0 Å². The molecule has 0 radical (unpaired) electrons. The number of carbonyl (C=O) groups is 1. The van der Waals surface area contributed by atoms with Crippen LogP contribution in [-0.4, -0.2) is 41.0 Å². The van der Waals surface area contributed by atoms with Gasteiger partial charge in [-0.3, -0.25) is 4.79 Å². The molecule has 1 fully saturated rings. The molecule has 1 N–H and O–H groups in total. The molecule has 4 heteroatoms. The van der Waals surface area contributed by atoms with Crippen molar-refractivity contribution in [2.24, 2.45) is 0 Å². The average molecular weight is 340 g/mol. The highest BCUT2D eigenvalue weighted by molar-refractivity contribution is 9.10. The van der Waals surface area contributed by atoms with Crippen LogP contribution in [0, 0.1) is 0 Å². The van der Waals surface area contributed by atoms with Crippen LogP contribution in [-0.2, 0) is 0 Å². The highest BCUT2D eigenvalue weighted by Gasteiger charge is 2.25. The summed E-state index contributed by atoms with van der Waals surface area (Å²) >= 11 is 3.42. The van der Waals surface area contributed by atoms with Gasteiger partial charge in [-0.05, 0) is 38.8 Å². The van der Waals surface area contributed by atoms with Crippen molar-refractivity contribution in [2.45, 2.75) is 38.2 Å². The normalized spacial score (nSPS) is 24.4. The van der Waals surface area contributed by atoms with Crippen molar-refractivity contribution in [1.29, 1.82) is 0 Å². The van der Waals surface area contributed by atoms with Crippen LogP contribution in [0.25, 0.3) is 0 Å². The van der Waals surface area contributed by atoms with E-state index in [9.17, 15) is 9.90 Å². The van der Waals surface area contributed by atoms with Gasteiger partial charge < -0.3 is 10.0 Å². The fourth-order valence-electron chi connectivity index (χ4n) is 2.62. The number of nitrogens with zero attached hydrogens (tertiary/aromatic N) is 1. The molecule has 1 aliphatic rings. The molecule has 20 heavy (non-hydrogen) atoms. The number of aliphatic hydroxyl groups is 1. The first-order valence-corrected chi connectivity index (χ1v) is 8.00. The number of hydrogen-bond donors (Lipinski definition) is 1. The lowest BCUT2D eigenvalue weighted by atomic mass is 9.98. The van der Waals surface area contributed by atoms with E-state index >= 15 is 0 Å². The quantitative estimate of drug-likeness (QED) is 0.856. The first kappa shape index (κ1) is 15.7. The van der Waals surface area contributed by atoms with Crippen LogP contribution in [0.3, 0.4) is 0 Å². The van der Waals surface area contributed by atoms with Crippen LogP contribution in [0.15, 0.2) is 28.7 Å². The molecule has 1 heterocycles. The first-order chi connectivity index (χ1) is 9.48. The van der Waals surface area contributed by atoms with Crippen molar-refractivity contribution in [3.8, 4) is 0 Å². The van der Waals surface area contributed by atoms with Crippen molar-refractivity contribution in [3.63, 3.8) is 0 Å². The second-order valence-corrected chi connectivity index (χ2v) is 6.70. The van der Waals surface area contributed by atoms with E-state index in [1.165, 1.54) is 0 Å². The summed E-state index contributed by atoms with van der Waals surface area (Å²) in [6, 6.07) is 7.56. The summed E-state index contributed by atoms with van der Waals surface area (Å²) in [7, 11) is 0. The van der Waals surface area contributed by atoms with Crippen molar-refractivity contribution in [3.05, 3.63) is 34.3 Å². The summed E-state index contributed by atoms with van der Waals surface area (Å²) in [6.45, 7) is 4.52. The van der Waals surface area contributed by atoms with Gasteiger partial charge in [-0.15, -0.1) is 0 Å². The van der Waals surface area contributed by atoms with E-state index < -0.39 is 5.60 Å². The van der Waals surface area contributed by atoms with Gasteiger partial charge >= 0.3 is 0 Å². The topological polar surface area (TPSA) is 40.5 Å². The number of Topliss-reactive ketones (excluding diaryl/α,β-unsaturated/α-hetero) is 1. The summed E-state index contributed by atoms with van der Waals surface area (Å²) in [5.41, 5.74) is 0.218. The zero-order valence-corrected chi connectivity index (χ0v) is 13.5. The Balaban J connectivity index is 1.86. The summed E-state index contributed by atoms with van der Waals surface area (Å²) in [5, 5.41) is 10.1. The van der Waals surface area contributed by atoms with Crippen molar-refractivity contribution >= 4 is 21.7 Å². The second-order valence-electron chi connectivity index (χ2n) is 5.85. The van der Waals surface area contributed by atoms with Gasteiger partial charge in [0.1, 0.15) is 0 Å². The number of ketones is 1. The Bertz CT molecular complexity index is 473. The smallest absolute Gasteiger partial charge is 0.165 e. The molecule has 1 aromatic carbocycles. The molecule has 110 valence electrons. The van der Waals surface area contributed by atoms with E-state index in [4.69, 9.17) is 0 Å². The summed E-state index contributed by atoms with van der Waals surface area (Å²) in [6.07, 6.45) is 3.17. The van der Waals surface area contributed by atoms with E-state index in [2.05, 4.69) is 20.8 Å². The molecule has 1 aliphatic heterocycles. The average Bonchev–Trinajstić information content (AvgIpc) is 2.57. The van der Waals surface area contributed by atoms with Crippen LogP contribution >= 0.6 is 15.9 Å². The van der Waals surface area contributed by atoms with E-state index in [1.807, 2.05) is 31.2 Å². The third-order valence-corrected chi connectivity index (χ3v) is 4.68. The fourth-order valence-corrected chi connectivity index (χ4v) is 3.13. The molecule has 0 bridgehead atoms. The maximum atomic E-state index is 12.2. The molecule has 0 aliphatic carbocycles. The van der Waals surface area contributed by atoms with E-state index in [0.29, 0.717) is 6.42 Å². The first-order valence-electron chi connectivity index (χ1n) is 7.20. The van der Waals surface area contributed by atoms with E-state index in [-0.39, 0.29) is 5.78 Å². The summed E-state index contributed by atoms with van der Waals surface area (Å²) in [4.78, 5) is 14.5. The lowest BCUT2D eigenvalue weighted by Crippen LogP contribution is -2.30. The lowest BCUT2D eigenvalue weighted by Gasteiger charge is -2.22. The van der Waals surface area contributed by atoms with Gasteiger partial charge in [0.05, 0.1) is 5.60 Å². The number of carbonyl (C=O) groups excluding carboxylic acids is 1. The highest BCUT2D eigenvalue weighted by atomic mass is 79.9. The minimum absolute atomic E-state index is 0.175. The number of rotatable bonds is 4. The van der Waals surface area contributed by atoms with Crippen LogP contribution in [0.4, 0.5) is 0 Å². The minimum Gasteiger partial charge on any atom is -0.390 e. The Morgan fingerprint density at radius 3 is 2.85 bits per heavy atom. The van der Waals surface area contributed by atoms with Gasteiger partial charge in [-0.2, -0.15) is 0 Å². The highest BCUT2D eigenvalue weighted by Crippen LogP contribution is 2.22. The van der Waals surface area contributed by atoms with Gasteiger partial charge in [0.15, 0.2) is 5.78 Å². The van der Waals surface area contributed by atoms with Gasteiger partial charge in [-0.1, -0.05) is 34.1 Å². The SMILES string of the molecule is CC1(O)CCCN(CCC(=O)c2ccccc2Br)CC1. The molecule has 0 aromatic heterocycles. The molecule has 0 spiro atoms. The Morgan fingerprint density at radius 2 is 2.10 bits per heavy atom. The number of halogens is 1. The Kier molecular flexibility index (Phi) is 5.35. The van der Waals surface area contributed by atoms with E-state index in [0.717, 1.165) is 48.9 Å². The molecule has 1 unspecified atom stereocenters. The lowest BCUT2D eigenvalue weighted by molar-refractivity contribution is 0.0447. The molecule has 2 rings (SSSR count). The maximum Gasteiger partial charge on any atom is 0.165 e. The molecule has 0 saturated carbocycles. The predicted octanol–water partition coefficient (Wildman–Crippen LogP) is 3.26. The molecule has 1 saturated heterocycles. The molecule has 0 amide bonds. The van der Waals surface area contributed by atoms with Crippen molar-refractivity contribution in [1.82, 2.24) is 4.90 Å². The van der Waals surface area contributed by atoms with E-state index in [1.54, 1.807) is 0 Å². The third kappa shape index (κ3) is 4.40.